The van der Waals surface area contributed by atoms with Crippen LogP contribution < -0.4 is 0 Å². The number of hydrogen-bond acceptors (Lipinski definition) is 1. The lowest BCUT2D eigenvalue weighted by atomic mass is 10.1. The first kappa shape index (κ1) is 10.8. The zero-order valence-corrected chi connectivity index (χ0v) is 10.1. The Balaban J connectivity index is 2.58. The van der Waals surface area contributed by atoms with Gasteiger partial charge in [-0.15, -0.1) is 0 Å². The van der Waals surface area contributed by atoms with Crippen LogP contribution in [0, 0.1) is 5.92 Å². The van der Waals surface area contributed by atoms with Crippen molar-refractivity contribution in [3.8, 4) is 0 Å². The molecule has 1 aromatic rings. The molecule has 1 heterocycles. The number of nitrogens with zero attached hydrogens (tertiary/aromatic N) is 2. The van der Waals surface area contributed by atoms with Crippen LogP contribution in [0.4, 0.5) is 0 Å². The average Bonchev–Trinajstić information content (AvgIpc) is 2.52. The fraction of sp³-hybridized carbons (Fsp3) is 0.700. The number of hydrogen-bond donors (Lipinski definition) is 0. The summed E-state index contributed by atoms with van der Waals surface area (Å²) < 4.78 is 2.01. The van der Waals surface area contributed by atoms with Crippen molar-refractivity contribution in [1.82, 2.24) is 9.78 Å². The van der Waals surface area contributed by atoms with Crippen LogP contribution in [-0.2, 0) is 6.42 Å². The lowest BCUT2D eigenvalue weighted by Gasteiger charge is -2.05. The maximum Gasteiger partial charge on any atom is 0.0627 e. The SMILES string of the molecule is CC(CBr)Cc1ccn(C(C)C)n1. The van der Waals surface area contributed by atoms with E-state index < -0.39 is 0 Å². The van der Waals surface area contributed by atoms with Crippen LogP contribution in [0.5, 0.6) is 0 Å². The van der Waals surface area contributed by atoms with Crippen molar-refractivity contribution in [2.45, 2.75) is 33.2 Å². The maximum atomic E-state index is 4.49. The molecule has 1 aromatic heterocycles. The smallest absolute Gasteiger partial charge is 0.0627 e. The Morgan fingerprint density at radius 3 is 2.62 bits per heavy atom. The lowest BCUT2D eigenvalue weighted by molar-refractivity contribution is 0.519. The second kappa shape index (κ2) is 4.80. The van der Waals surface area contributed by atoms with Gasteiger partial charge >= 0.3 is 0 Å². The minimum atomic E-state index is 0.466. The number of aromatic nitrogens is 2. The average molecular weight is 245 g/mol. The molecule has 3 heteroatoms. The molecular formula is C10H17BrN2. The summed E-state index contributed by atoms with van der Waals surface area (Å²) in [5.74, 6) is 0.663. The molecule has 0 N–H and O–H groups in total. The van der Waals surface area contributed by atoms with E-state index in [4.69, 9.17) is 0 Å². The van der Waals surface area contributed by atoms with Gasteiger partial charge in [0.05, 0.1) is 5.69 Å². The first-order valence-corrected chi connectivity index (χ1v) is 5.85. The number of halogens is 1. The van der Waals surface area contributed by atoms with Crippen LogP contribution in [0.25, 0.3) is 0 Å². The summed E-state index contributed by atoms with van der Waals surface area (Å²) in [5, 5.41) is 5.54. The summed E-state index contributed by atoms with van der Waals surface area (Å²) in [4.78, 5) is 0. The molecule has 1 rings (SSSR count). The molecule has 2 nitrogen and oxygen atoms in total. The lowest BCUT2D eigenvalue weighted by Crippen LogP contribution is -2.05. The third-order valence-electron chi connectivity index (χ3n) is 2.01. The van der Waals surface area contributed by atoms with E-state index in [0.717, 1.165) is 11.8 Å². The number of rotatable bonds is 4. The predicted octanol–water partition coefficient (Wildman–Crippen LogP) is 3.04. The quantitative estimate of drug-likeness (QED) is 0.745. The van der Waals surface area contributed by atoms with Crippen LogP contribution in [0.1, 0.15) is 32.5 Å². The van der Waals surface area contributed by atoms with Gasteiger partial charge in [0.1, 0.15) is 0 Å². The second-order valence-electron chi connectivity index (χ2n) is 3.84. The molecule has 13 heavy (non-hydrogen) atoms. The molecule has 0 aliphatic heterocycles. The summed E-state index contributed by atoms with van der Waals surface area (Å²) in [5.41, 5.74) is 1.20. The van der Waals surface area contributed by atoms with Crippen LogP contribution in [0.2, 0.25) is 0 Å². The van der Waals surface area contributed by atoms with E-state index in [1.165, 1.54) is 5.69 Å². The van der Waals surface area contributed by atoms with Crippen molar-refractivity contribution in [2.75, 3.05) is 5.33 Å². The molecule has 1 unspecified atom stereocenters. The molecule has 0 radical (unpaired) electrons. The maximum absolute atomic E-state index is 4.49. The normalized spacial score (nSPS) is 13.6. The van der Waals surface area contributed by atoms with Gasteiger partial charge in [-0.25, -0.2) is 0 Å². The molecular weight excluding hydrogens is 228 g/mol. The van der Waals surface area contributed by atoms with Crippen LogP contribution in [-0.4, -0.2) is 15.1 Å². The predicted molar refractivity (Wildman–Crippen MR) is 59.3 cm³/mol. The minimum Gasteiger partial charge on any atom is -0.270 e. The van der Waals surface area contributed by atoms with Gasteiger partial charge in [0.25, 0.3) is 0 Å². The summed E-state index contributed by atoms with van der Waals surface area (Å²) in [6.45, 7) is 6.51. The Kier molecular flexibility index (Phi) is 3.97. The van der Waals surface area contributed by atoms with Crippen LogP contribution in [0.15, 0.2) is 12.3 Å². The molecule has 0 saturated carbocycles. The van der Waals surface area contributed by atoms with Crippen molar-refractivity contribution in [1.29, 1.82) is 0 Å². The first-order chi connectivity index (χ1) is 6.13. The molecule has 0 aliphatic carbocycles. The molecule has 0 saturated heterocycles. The minimum absolute atomic E-state index is 0.466. The fourth-order valence-electron chi connectivity index (χ4n) is 1.19. The Bertz CT molecular complexity index is 255. The zero-order valence-electron chi connectivity index (χ0n) is 8.50. The van der Waals surface area contributed by atoms with Gasteiger partial charge in [0, 0.05) is 17.6 Å². The van der Waals surface area contributed by atoms with Crippen molar-refractivity contribution >= 4 is 15.9 Å². The van der Waals surface area contributed by atoms with Gasteiger partial charge in [-0.2, -0.15) is 5.10 Å². The summed E-state index contributed by atoms with van der Waals surface area (Å²) in [7, 11) is 0. The van der Waals surface area contributed by atoms with Crippen molar-refractivity contribution in [2.24, 2.45) is 5.92 Å². The largest absolute Gasteiger partial charge is 0.270 e. The van der Waals surface area contributed by atoms with Gasteiger partial charge in [0.2, 0.25) is 0 Å². The van der Waals surface area contributed by atoms with Crippen molar-refractivity contribution in [3.63, 3.8) is 0 Å². The molecule has 0 fully saturated rings. The van der Waals surface area contributed by atoms with Gasteiger partial charge < -0.3 is 0 Å². The first-order valence-electron chi connectivity index (χ1n) is 4.73. The Labute approximate surface area is 88.5 Å². The Morgan fingerprint density at radius 2 is 2.15 bits per heavy atom. The monoisotopic (exact) mass is 244 g/mol. The van der Waals surface area contributed by atoms with E-state index >= 15 is 0 Å². The highest BCUT2D eigenvalue weighted by Crippen LogP contribution is 2.10. The molecule has 0 bridgehead atoms. The Morgan fingerprint density at radius 1 is 1.46 bits per heavy atom. The van der Waals surface area contributed by atoms with Gasteiger partial charge in [-0.05, 0) is 32.3 Å². The van der Waals surface area contributed by atoms with Crippen LogP contribution in [0.3, 0.4) is 0 Å². The van der Waals surface area contributed by atoms with E-state index in [9.17, 15) is 0 Å². The van der Waals surface area contributed by atoms with E-state index in [0.29, 0.717) is 12.0 Å². The Hall–Kier alpha value is -0.310. The van der Waals surface area contributed by atoms with Crippen molar-refractivity contribution < 1.29 is 0 Å². The molecule has 0 amide bonds. The van der Waals surface area contributed by atoms with E-state index in [1.807, 2.05) is 4.68 Å². The fourth-order valence-corrected chi connectivity index (χ4v) is 1.41. The van der Waals surface area contributed by atoms with E-state index in [-0.39, 0.29) is 0 Å². The highest BCUT2D eigenvalue weighted by molar-refractivity contribution is 9.09. The molecule has 74 valence electrons. The standard InChI is InChI=1S/C10H17BrN2/c1-8(2)13-5-4-10(12-13)6-9(3)7-11/h4-5,8-9H,6-7H2,1-3H3. The summed E-state index contributed by atoms with van der Waals surface area (Å²) >= 11 is 3.47. The van der Waals surface area contributed by atoms with Crippen molar-refractivity contribution in [3.05, 3.63) is 18.0 Å². The van der Waals surface area contributed by atoms with Gasteiger partial charge in [-0.1, -0.05) is 22.9 Å². The third-order valence-corrected chi connectivity index (χ3v) is 3.12. The van der Waals surface area contributed by atoms with Crippen LogP contribution >= 0.6 is 15.9 Å². The second-order valence-corrected chi connectivity index (χ2v) is 4.49. The van der Waals surface area contributed by atoms with E-state index in [2.05, 4.69) is 54.1 Å². The zero-order chi connectivity index (χ0) is 9.84. The molecule has 1 atom stereocenters. The van der Waals surface area contributed by atoms with Gasteiger partial charge in [0.15, 0.2) is 0 Å². The summed E-state index contributed by atoms with van der Waals surface area (Å²) in [6.07, 6.45) is 3.12. The van der Waals surface area contributed by atoms with E-state index in [1.54, 1.807) is 0 Å². The van der Waals surface area contributed by atoms with Gasteiger partial charge in [-0.3, -0.25) is 4.68 Å². The summed E-state index contributed by atoms with van der Waals surface area (Å²) in [6, 6.07) is 2.58. The third kappa shape index (κ3) is 3.14. The molecule has 0 aromatic carbocycles. The molecule has 0 aliphatic rings. The topological polar surface area (TPSA) is 17.8 Å². The highest BCUT2D eigenvalue weighted by atomic mass is 79.9. The molecule has 0 spiro atoms. The number of alkyl halides is 1. The highest BCUT2D eigenvalue weighted by Gasteiger charge is 2.05.